The molecule has 1 N–H and O–H groups in total. The van der Waals surface area contributed by atoms with Crippen LogP contribution in [0.15, 0.2) is 24.5 Å². The normalized spacial score (nSPS) is 19.9. The van der Waals surface area contributed by atoms with E-state index in [9.17, 15) is 0 Å². The Hall–Kier alpha value is -1.55. The van der Waals surface area contributed by atoms with E-state index in [2.05, 4.69) is 14.7 Å². The summed E-state index contributed by atoms with van der Waals surface area (Å²) in [6.45, 7) is 2.25. The Kier molecular flexibility index (Phi) is 2.73. The van der Waals surface area contributed by atoms with Crippen LogP contribution in [-0.4, -0.2) is 29.6 Å². The third kappa shape index (κ3) is 2.00. The third-order valence-corrected chi connectivity index (χ3v) is 3.45. The first kappa shape index (κ1) is 10.6. The van der Waals surface area contributed by atoms with Crippen LogP contribution in [0.3, 0.4) is 0 Å². The van der Waals surface area contributed by atoms with Gasteiger partial charge >= 0.3 is 0 Å². The Morgan fingerprint density at radius 1 is 1.53 bits per heavy atom. The Morgan fingerprint density at radius 3 is 3.24 bits per heavy atom. The molecule has 90 valence electrons. The molecule has 2 aromatic rings. The van der Waals surface area contributed by atoms with Crippen molar-refractivity contribution in [2.75, 3.05) is 20.2 Å². The fourth-order valence-corrected chi connectivity index (χ4v) is 2.44. The summed E-state index contributed by atoms with van der Waals surface area (Å²) in [5, 5.41) is 3.39. The minimum Gasteiger partial charge on any atom is -0.495 e. The molecule has 3 rings (SSSR count). The molecule has 0 bridgehead atoms. The zero-order valence-electron chi connectivity index (χ0n) is 10.0. The highest BCUT2D eigenvalue weighted by Gasteiger charge is 2.17. The highest BCUT2D eigenvalue weighted by Crippen LogP contribution is 2.18. The second kappa shape index (κ2) is 4.37. The molecule has 0 aromatic carbocycles. The van der Waals surface area contributed by atoms with Crippen LogP contribution in [0.1, 0.15) is 12.2 Å². The van der Waals surface area contributed by atoms with Gasteiger partial charge in [0.15, 0.2) is 0 Å². The van der Waals surface area contributed by atoms with Crippen molar-refractivity contribution in [1.29, 1.82) is 0 Å². The predicted octanol–water partition coefficient (Wildman–Crippen LogP) is 1.49. The number of aromatic nitrogens is 2. The number of hydrogen-bond acceptors (Lipinski definition) is 3. The summed E-state index contributed by atoms with van der Waals surface area (Å²) >= 11 is 0. The van der Waals surface area contributed by atoms with Crippen LogP contribution >= 0.6 is 0 Å². The van der Waals surface area contributed by atoms with Gasteiger partial charge in [-0.25, -0.2) is 4.98 Å². The van der Waals surface area contributed by atoms with E-state index >= 15 is 0 Å². The van der Waals surface area contributed by atoms with Gasteiger partial charge in [0.05, 0.1) is 25.0 Å². The molecule has 0 spiro atoms. The van der Waals surface area contributed by atoms with E-state index in [0.29, 0.717) is 5.92 Å². The van der Waals surface area contributed by atoms with E-state index in [0.717, 1.165) is 36.6 Å². The highest BCUT2D eigenvalue weighted by molar-refractivity contribution is 5.48. The molecule has 4 heteroatoms. The van der Waals surface area contributed by atoms with Crippen LogP contribution in [0.2, 0.25) is 0 Å². The molecule has 1 fully saturated rings. The molecule has 1 atom stereocenters. The molecule has 1 aliphatic heterocycles. The van der Waals surface area contributed by atoms with Gasteiger partial charge in [0.1, 0.15) is 11.6 Å². The lowest BCUT2D eigenvalue weighted by molar-refractivity contribution is 0.412. The fourth-order valence-electron chi connectivity index (χ4n) is 2.44. The Morgan fingerprint density at radius 2 is 2.47 bits per heavy atom. The molecule has 1 aliphatic rings. The van der Waals surface area contributed by atoms with Crippen LogP contribution in [0, 0.1) is 5.92 Å². The topological polar surface area (TPSA) is 38.6 Å². The molecule has 17 heavy (non-hydrogen) atoms. The highest BCUT2D eigenvalue weighted by atomic mass is 16.5. The first-order chi connectivity index (χ1) is 8.36. The summed E-state index contributed by atoms with van der Waals surface area (Å²) in [5.41, 5.74) is 1.13. The van der Waals surface area contributed by atoms with Crippen molar-refractivity contribution >= 4 is 5.52 Å². The van der Waals surface area contributed by atoms with Gasteiger partial charge in [0.25, 0.3) is 0 Å². The first-order valence-corrected chi connectivity index (χ1v) is 6.07. The van der Waals surface area contributed by atoms with Crippen molar-refractivity contribution in [3.05, 3.63) is 30.4 Å². The summed E-state index contributed by atoms with van der Waals surface area (Å²) in [5.74, 6) is 2.72. The van der Waals surface area contributed by atoms with Gasteiger partial charge < -0.3 is 14.5 Å². The zero-order chi connectivity index (χ0) is 11.7. The minimum absolute atomic E-state index is 0.715. The summed E-state index contributed by atoms with van der Waals surface area (Å²) in [6, 6.07) is 4.01. The van der Waals surface area contributed by atoms with Crippen LogP contribution in [0.5, 0.6) is 5.75 Å². The number of methoxy groups -OCH3 is 1. The number of pyridine rings is 1. The largest absolute Gasteiger partial charge is 0.495 e. The predicted molar refractivity (Wildman–Crippen MR) is 66.4 cm³/mol. The summed E-state index contributed by atoms with van der Waals surface area (Å²) in [6.07, 6.45) is 6.23. The maximum Gasteiger partial charge on any atom is 0.135 e. The van der Waals surface area contributed by atoms with Gasteiger partial charge in [-0.05, 0) is 37.6 Å². The second-order valence-electron chi connectivity index (χ2n) is 4.60. The smallest absolute Gasteiger partial charge is 0.135 e. The van der Waals surface area contributed by atoms with Gasteiger partial charge in [0.2, 0.25) is 0 Å². The number of rotatable bonds is 3. The van der Waals surface area contributed by atoms with Gasteiger partial charge in [-0.2, -0.15) is 0 Å². The average Bonchev–Trinajstić information content (AvgIpc) is 2.99. The van der Waals surface area contributed by atoms with Crippen LogP contribution in [0.25, 0.3) is 5.52 Å². The molecule has 1 saturated heterocycles. The van der Waals surface area contributed by atoms with Gasteiger partial charge in [-0.3, -0.25) is 0 Å². The van der Waals surface area contributed by atoms with Crippen LogP contribution in [-0.2, 0) is 6.42 Å². The monoisotopic (exact) mass is 231 g/mol. The molecular formula is C13H17N3O. The summed E-state index contributed by atoms with van der Waals surface area (Å²) in [4.78, 5) is 4.51. The van der Waals surface area contributed by atoms with E-state index in [1.807, 2.05) is 24.5 Å². The summed E-state index contributed by atoms with van der Waals surface area (Å²) < 4.78 is 7.39. The lowest BCUT2D eigenvalue weighted by Crippen LogP contribution is -2.12. The maximum atomic E-state index is 5.26. The van der Waals surface area contributed by atoms with E-state index < -0.39 is 0 Å². The number of nitrogens with zero attached hydrogens (tertiary/aromatic N) is 2. The number of nitrogens with one attached hydrogen (secondary N) is 1. The minimum atomic E-state index is 0.715. The molecule has 2 aromatic heterocycles. The molecule has 0 amide bonds. The molecule has 0 radical (unpaired) electrons. The molecular weight excluding hydrogens is 214 g/mol. The zero-order valence-corrected chi connectivity index (χ0v) is 10.0. The molecule has 0 saturated carbocycles. The summed E-state index contributed by atoms with van der Waals surface area (Å²) in [7, 11) is 1.69. The standard InChI is InChI=1S/C13H17N3O/c1-17-12-3-2-11-8-15-13(16(11)9-12)6-10-4-5-14-7-10/h2-3,8-10,14H,4-7H2,1H3. The maximum absolute atomic E-state index is 5.26. The number of ether oxygens (including phenoxy) is 1. The molecule has 4 nitrogen and oxygen atoms in total. The van der Waals surface area contributed by atoms with Crippen LogP contribution < -0.4 is 10.1 Å². The number of fused-ring (bicyclic) bond motifs is 1. The van der Waals surface area contributed by atoms with Crippen molar-refractivity contribution in [1.82, 2.24) is 14.7 Å². The molecule has 0 aliphatic carbocycles. The lowest BCUT2D eigenvalue weighted by Gasteiger charge is -2.08. The Labute approximate surface area is 101 Å². The lowest BCUT2D eigenvalue weighted by atomic mass is 10.1. The van der Waals surface area contributed by atoms with E-state index in [1.165, 1.54) is 6.42 Å². The van der Waals surface area contributed by atoms with Crippen molar-refractivity contribution in [3.8, 4) is 5.75 Å². The Balaban J connectivity index is 1.92. The van der Waals surface area contributed by atoms with Crippen molar-refractivity contribution in [2.45, 2.75) is 12.8 Å². The van der Waals surface area contributed by atoms with E-state index in [1.54, 1.807) is 7.11 Å². The quantitative estimate of drug-likeness (QED) is 0.870. The molecule has 3 heterocycles. The van der Waals surface area contributed by atoms with E-state index in [-0.39, 0.29) is 0 Å². The number of imidazole rings is 1. The average molecular weight is 231 g/mol. The Bertz CT molecular complexity index is 514. The van der Waals surface area contributed by atoms with Crippen molar-refractivity contribution < 1.29 is 4.74 Å². The number of hydrogen-bond donors (Lipinski definition) is 1. The first-order valence-electron chi connectivity index (χ1n) is 6.07. The third-order valence-electron chi connectivity index (χ3n) is 3.45. The van der Waals surface area contributed by atoms with E-state index in [4.69, 9.17) is 4.74 Å². The van der Waals surface area contributed by atoms with Crippen molar-refractivity contribution in [2.24, 2.45) is 5.92 Å². The van der Waals surface area contributed by atoms with Gasteiger partial charge in [0, 0.05) is 6.42 Å². The van der Waals surface area contributed by atoms with Crippen LogP contribution in [0.4, 0.5) is 0 Å². The second-order valence-corrected chi connectivity index (χ2v) is 4.60. The van der Waals surface area contributed by atoms with Gasteiger partial charge in [-0.15, -0.1) is 0 Å². The SMILES string of the molecule is COc1ccc2cnc(CC3CCNC3)n2c1. The fraction of sp³-hybridized carbons (Fsp3) is 0.462. The van der Waals surface area contributed by atoms with Gasteiger partial charge in [-0.1, -0.05) is 0 Å². The van der Waals surface area contributed by atoms with Crippen molar-refractivity contribution in [3.63, 3.8) is 0 Å². The molecule has 1 unspecified atom stereocenters.